The number of methoxy groups -OCH3 is 1. The number of piperidine rings is 1. The van der Waals surface area contributed by atoms with Gasteiger partial charge in [-0.15, -0.1) is 0 Å². The van der Waals surface area contributed by atoms with Crippen molar-refractivity contribution in [3.63, 3.8) is 0 Å². The summed E-state index contributed by atoms with van der Waals surface area (Å²) in [5.74, 6) is -0.279. The average Bonchev–Trinajstić information content (AvgIpc) is 2.35. The highest BCUT2D eigenvalue weighted by Gasteiger charge is 2.42. The molecule has 0 unspecified atom stereocenters. The molecule has 19 heavy (non-hydrogen) atoms. The Morgan fingerprint density at radius 2 is 1.74 bits per heavy atom. The highest BCUT2D eigenvalue weighted by atomic mass is 16.6. The highest BCUT2D eigenvalue weighted by molar-refractivity contribution is 5.81. The van der Waals surface area contributed by atoms with E-state index in [1.165, 1.54) is 7.11 Å². The molecule has 0 aliphatic carbocycles. The van der Waals surface area contributed by atoms with E-state index in [0.717, 1.165) is 0 Å². The molecule has 0 aromatic heterocycles. The van der Waals surface area contributed by atoms with Crippen molar-refractivity contribution in [3.8, 4) is 0 Å². The van der Waals surface area contributed by atoms with E-state index in [1.807, 2.05) is 20.8 Å². The molecule has 6 nitrogen and oxygen atoms in total. The summed E-state index contributed by atoms with van der Waals surface area (Å²) in [6.07, 6.45) is 0.715. The molecule has 0 bridgehead atoms. The lowest BCUT2D eigenvalue weighted by Gasteiger charge is -2.39. The third kappa shape index (κ3) is 3.83. The Balaban J connectivity index is 2.61. The van der Waals surface area contributed by atoms with E-state index in [9.17, 15) is 9.59 Å². The third-order valence-electron chi connectivity index (χ3n) is 3.32. The molecule has 1 saturated heterocycles. The Morgan fingerprint density at radius 3 is 2.11 bits per heavy atom. The molecular weight excluding hydrogens is 248 g/mol. The van der Waals surface area contributed by atoms with Crippen LogP contribution in [0.4, 0.5) is 4.79 Å². The van der Waals surface area contributed by atoms with E-state index in [-0.39, 0.29) is 12.1 Å². The Bertz CT molecular complexity index is 341. The van der Waals surface area contributed by atoms with Crippen LogP contribution in [0.5, 0.6) is 0 Å². The SMILES string of the molecule is CNC1(C(=O)OC)CCN(C(=O)OC(C)(C)C)CC1. The lowest BCUT2D eigenvalue weighted by atomic mass is 9.88. The number of esters is 1. The van der Waals surface area contributed by atoms with Crippen LogP contribution in [0.25, 0.3) is 0 Å². The molecule has 1 fully saturated rings. The van der Waals surface area contributed by atoms with Crippen LogP contribution in [-0.4, -0.2) is 55.3 Å². The second-order valence-corrected chi connectivity index (χ2v) is 5.79. The van der Waals surface area contributed by atoms with Crippen LogP contribution >= 0.6 is 0 Å². The molecular formula is C13H24N2O4. The summed E-state index contributed by atoms with van der Waals surface area (Å²) in [5.41, 5.74) is -1.19. The molecule has 0 radical (unpaired) electrons. The number of hydrogen-bond donors (Lipinski definition) is 1. The maximum Gasteiger partial charge on any atom is 0.410 e. The number of rotatable bonds is 2. The van der Waals surface area contributed by atoms with Gasteiger partial charge in [0.25, 0.3) is 0 Å². The number of likely N-dealkylation sites (tertiary alicyclic amines) is 1. The Hall–Kier alpha value is -1.30. The molecule has 0 atom stereocenters. The van der Waals surface area contributed by atoms with Crippen LogP contribution in [0.3, 0.4) is 0 Å². The van der Waals surface area contributed by atoms with E-state index in [4.69, 9.17) is 9.47 Å². The number of likely N-dealkylation sites (N-methyl/N-ethyl adjacent to an activating group) is 1. The van der Waals surface area contributed by atoms with Gasteiger partial charge in [0.05, 0.1) is 7.11 Å². The van der Waals surface area contributed by atoms with Crippen molar-refractivity contribution in [2.24, 2.45) is 0 Å². The van der Waals surface area contributed by atoms with Crippen LogP contribution in [0.2, 0.25) is 0 Å². The monoisotopic (exact) mass is 272 g/mol. The molecule has 0 aromatic carbocycles. The van der Waals surface area contributed by atoms with Gasteiger partial charge in [-0.2, -0.15) is 0 Å². The first kappa shape index (κ1) is 15.8. The number of hydrogen-bond acceptors (Lipinski definition) is 5. The fourth-order valence-corrected chi connectivity index (χ4v) is 2.15. The quantitative estimate of drug-likeness (QED) is 0.764. The lowest BCUT2D eigenvalue weighted by molar-refractivity contribution is -0.150. The van der Waals surface area contributed by atoms with E-state index >= 15 is 0 Å². The standard InChI is InChI=1S/C13H24N2O4/c1-12(2,3)19-11(17)15-8-6-13(14-4,7-9-15)10(16)18-5/h14H,6-9H2,1-5H3. The van der Waals surface area contributed by atoms with Gasteiger partial charge in [0, 0.05) is 13.1 Å². The second-order valence-electron chi connectivity index (χ2n) is 5.79. The van der Waals surface area contributed by atoms with E-state index in [1.54, 1.807) is 11.9 Å². The van der Waals surface area contributed by atoms with Gasteiger partial charge in [0.2, 0.25) is 0 Å². The molecule has 1 aliphatic rings. The van der Waals surface area contributed by atoms with Crippen LogP contribution in [0, 0.1) is 0 Å². The highest BCUT2D eigenvalue weighted by Crippen LogP contribution is 2.24. The number of ether oxygens (including phenoxy) is 2. The molecule has 0 saturated carbocycles. The maximum absolute atomic E-state index is 11.9. The molecule has 0 spiro atoms. The van der Waals surface area contributed by atoms with Crippen molar-refractivity contribution in [2.45, 2.75) is 44.8 Å². The maximum atomic E-state index is 11.9. The predicted octanol–water partition coefficient (Wildman–Crippen LogP) is 1.15. The van der Waals surface area contributed by atoms with Crippen LogP contribution in [-0.2, 0) is 14.3 Å². The van der Waals surface area contributed by atoms with Gasteiger partial charge in [-0.3, -0.25) is 4.79 Å². The van der Waals surface area contributed by atoms with E-state index in [0.29, 0.717) is 25.9 Å². The minimum Gasteiger partial charge on any atom is -0.468 e. The van der Waals surface area contributed by atoms with Crippen LogP contribution in [0.15, 0.2) is 0 Å². The topological polar surface area (TPSA) is 67.9 Å². The Labute approximate surface area is 114 Å². The molecule has 6 heteroatoms. The minimum atomic E-state index is -0.687. The minimum absolute atomic E-state index is 0.279. The van der Waals surface area contributed by atoms with Gasteiger partial charge < -0.3 is 19.7 Å². The normalized spacial score (nSPS) is 18.9. The van der Waals surface area contributed by atoms with Gasteiger partial charge in [0.15, 0.2) is 0 Å². The zero-order valence-electron chi connectivity index (χ0n) is 12.4. The van der Waals surface area contributed by atoms with Gasteiger partial charge in [-0.1, -0.05) is 0 Å². The number of nitrogens with one attached hydrogen (secondary N) is 1. The molecule has 1 N–H and O–H groups in total. The largest absolute Gasteiger partial charge is 0.468 e. The summed E-state index contributed by atoms with van der Waals surface area (Å²) in [6, 6.07) is 0. The molecule has 1 amide bonds. The predicted molar refractivity (Wildman–Crippen MR) is 70.8 cm³/mol. The van der Waals surface area contributed by atoms with Gasteiger partial charge in [0.1, 0.15) is 11.1 Å². The summed E-state index contributed by atoms with van der Waals surface area (Å²) in [6.45, 7) is 6.46. The van der Waals surface area contributed by atoms with Crippen LogP contribution in [0.1, 0.15) is 33.6 Å². The molecule has 110 valence electrons. The van der Waals surface area contributed by atoms with E-state index < -0.39 is 11.1 Å². The first-order valence-electron chi connectivity index (χ1n) is 6.49. The van der Waals surface area contributed by atoms with Gasteiger partial charge >= 0.3 is 12.1 Å². The van der Waals surface area contributed by atoms with Crippen molar-refractivity contribution in [2.75, 3.05) is 27.2 Å². The summed E-state index contributed by atoms with van der Waals surface area (Å²) in [5, 5.41) is 3.02. The number of amides is 1. The van der Waals surface area contributed by atoms with Crippen molar-refractivity contribution in [1.82, 2.24) is 10.2 Å². The van der Waals surface area contributed by atoms with Gasteiger partial charge in [-0.05, 0) is 40.7 Å². The van der Waals surface area contributed by atoms with Crippen molar-refractivity contribution >= 4 is 12.1 Å². The Kier molecular flexibility index (Phi) is 4.79. The molecule has 0 aromatic rings. The number of carbonyl (C=O) groups excluding carboxylic acids is 2. The average molecular weight is 272 g/mol. The first-order chi connectivity index (χ1) is 8.74. The van der Waals surface area contributed by atoms with E-state index in [2.05, 4.69) is 5.32 Å². The van der Waals surface area contributed by atoms with Crippen LogP contribution < -0.4 is 5.32 Å². The third-order valence-corrected chi connectivity index (χ3v) is 3.32. The summed E-state index contributed by atoms with van der Waals surface area (Å²) in [7, 11) is 3.11. The first-order valence-corrected chi connectivity index (χ1v) is 6.49. The fourth-order valence-electron chi connectivity index (χ4n) is 2.15. The second kappa shape index (κ2) is 5.77. The number of nitrogens with zero attached hydrogens (tertiary/aromatic N) is 1. The van der Waals surface area contributed by atoms with Crippen molar-refractivity contribution < 1.29 is 19.1 Å². The summed E-state index contributed by atoms with van der Waals surface area (Å²) >= 11 is 0. The number of carbonyl (C=O) groups is 2. The molecule has 1 heterocycles. The zero-order valence-corrected chi connectivity index (χ0v) is 12.4. The zero-order chi connectivity index (χ0) is 14.7. The van der Waals surface area contributed by atoms with Gasteiger partial charge in [-0.25, -0.2) is 4.79 Å². The van der Waals surface area contributed by atoms with Crippen molar-refractivity contribution in [1.29, 1.82) is 0 Å². The Morgan fingerprint density at radius 1 is 1.21 bits per heavy atom. The summed E-state index contributed by atoms with van der Waals surface area (Å²) in [4.78, 5) is 25.4. The fraction of sp³-hybridized carbons (Fsp3) is 0.846. The molecule has 1 aliphatic heterocycles. The smallest absolute Gasteiger partial charge is 0.410 e. The lowest BCUT2D eigenvalue weighted by Crippen LogP contribution is -2.58. The molecule has 1 rings (SSSR count). The van der Waals surface area contributed by atoms with Crippen molar-refractivity contribution in [3.05, 3.63) is 0 Å². The summed E-state index contributed by atoms with van der Waals surface area (Å²) < 4.78 is 10.1.